The molecule has 0 unspecified atom stereocenters. The molecular weight excluding hydrogens is 324 g/mol. The Morgan fingerprint density at radius 2 is 1.80 bits per heavy atom. The molecule has 2 aliphatic heterocycles. The Morgan fingerprint density at radius 3 is 2.40 bits per heavy atom. The van der Waals surface area contributed by atoms with Gasteiger partial charge in [-0.15, -0.1) is 0 Å². The van der Waals surface area contributed by atoms with Gasteiger partial charge >= 0.3 is 0 Å². The summed E-state index contributed by atoms with van der Waals surface area (Å²) in [6, 6.07) is 5.71. The van der Waals surface area contributed by atoms with Gasteiger partial charge in [0.05, 0.1) is 24.8 Å². The highest BCUT2D eigenvalue weighted by Crippen LogP contribution is 2.37. The van der Waals surface area contributed by atoms with Gasteiger partial charge in [-0.2, -0.15) is 0 Å². The van der Waals surface area contributed by atoms with E-state index >= 15 is 0 Å². The first-order valence-electron chi connectivity index (χ1n) is 8.33. The molecule has 1 aromatic rings. The maximum atomic E-state index is 12.5. The number of aliphatic hydroxyl groups excluding tert-OH is 1. The molecule has 0 aromatic heterocycles. The second kappa shape index (κ2) is 7.25. The fraction of sp³-hybridized carbons (Fsp3) is 0.444. The molecule has 7 nitrogen and oxygen atoms in total. The molecule has 0 saturated carbocycles. The van der Waals surface area contributed by atoms with E-state index in [2.05, 4.69) is 4.90 Å². The molecule has 1 aromatic carbocycles. The zero-order valence-corrected chi connectivity index (χ0v) is 14.1. The van der Waals surface area contributed by atoms with Crippen LogP contribution in [0.25, 0.3) is 0 Å². The Kier molecular flexibility index (Phi) is 5.06. The summed E-state index contributed by atoms with van der Waals surface area (Å²) in [4.78, 5) is 28.3. The first-order chi connectivity index (χ1) is 12.0. The second-order valence-corrected chi connectivity index (χ2v) is 6.27. The fourth-order valence-corrected chi connectivity index (χ4v) is 3.32. The predicted molar refractivity (Wildman–Crippen MR) is 90.2 cm³/mol. The van der Waals surface area contributed by atoms with E-state index in [1.54, 1.807) is 12.1 Å². The predicted octanol–water partition coefficient (Wildman–Crippen LogP) is 1.01. The number of benzene rings is 1. The number of phenolic OH excluding ortho intramolecular Hbond substituents is 1. The van der Waals surface area contributed by atoms with Gasteiger partial charge in [-0.3, -0.25) is 14.5 Å². The number of hydrogen-bond donors (Lipinski definition) is 2. The number of morpholine rings is 1. The third-order valence-electron chi connectivity index (χ3n) is 4.65. The Balaban J connectivity index is 1.85. The van der Waals surface area contributed by atoms with Crippen molar-refractivity contribution in [3.63, 3.8) is 0 Å². The van der Waals surface area contributed by atoms with Crippen molar-refractivity contribution in [1.29, 1.82) is 0 Å². The zero-order valence-electron chi connectivity index (χ0n) is 14.1. The van der Waals surface area contributed by atoms with Crippen LogP contribution < -0.4 is 0 Å². The minimum atomic E-state index is -0.633. The second-order valence-electron chi connectivity index (χ2n) is 6.27. The van der Waals surface area contributed by atoms with Gasteiger partial charge in [0.1, 0.15) is 5.75 Å². The van der Waals surface area contributed by atoms with Crippen molar-refractivity contribution in [2.75, 3.05) is 39.4 Å². The SMILES string of the molecule is CC(=O)C1=C(O)C(=O)N(CCN2CCOCC2)[C@@H]1c1ccc(O)cc1. The number of rotatable bonds is 5. The standard InChI is InChI=1S/C18H22N2O5/c1-12(21)15-16(13-2-4-14(22)5-3-13)20(18(24)17(15)23)7-6-19-8-10-25-11-9-19/h2-5,16,22-23H,6-11H2,1H3/t16-/m1/s1. The van der Waals surface area contributed by atoms with Crippen LogP contribution in [-0.4, -0.2) is 71.1 Å². The van der Waals surface area contributed by atoms with E-state index < -0.39 is 17.7 Å². The summed E-state index contributed by atoms with van der Waals surface area (Å²) in [6.07, 6.45) is 0. The summed E-state index contributed by atoms with van der Waals surface area (Å²) < 4.78 is 5.32. The minimum Gasteiger partial charge on any atom is -0.508 e. The average molecular weight is 346 g/mol. The lowest BCUT2D eigenvalue weighted by atomic mass is 9.96. The van der Waals surface area contributed by atoms with E-state index in [4.69, 9.17) is 4.74 Å². The molecule has 0 aliphatic carbocycles. The summed E-state index contributed by atoms with van der Waals surface area (Å²) in [5.41, 5.74) is 0.792. The van der Waals surface area contributed by atoms with E-state index in [1.165, 1.54) is 24.0 Å². The van der Waals surface area contributed by atoms with Crippen molar-refractivity contribution in [1.82, 2.24) is 9.80 Å². The third-order valence-corrected chi connectivity index (χ3v) is 4.65. The van der Waals surface area contributed by atoms with Crippen molar-refractivity contribution in [3.8, 4) is 5.75 Å². The molecule has 7 heteroatoms. The Labute approximate surface area is 146 Å². The Bertz CT molecular complexity index is 692. The molecule has 3 rings (SSSR count). The number of ether oxygens (including phenoxy) is 1. The zero-order chi connectivity index (χ0) is 18.0. The topological polar surface area (TPSA) is 90.3 Å². The molecule has 1 fully saturated rings. The van der Waals surface area contributed by atoms with Crippen molar-refractivity contribution in [2.24, 2.45) is 0 Å². The highest BCUT2D eigenvalue weighted by Gasteiger charge is 2.42. The number of aromatic hydroxyl groups is 1. The Hall–Kier alpha value is -2.38. The Morgan fingerprint density at radius 1 is 1.16 bits per heavy atom. The number of Topliss-reactive ketones (excluding diaryl/α,β-unsaturated/α-hetero) is 1. The molecule has 1 atom stereocenters. The molecule has 2 heterocycles. The van der Waals surface area contributed by atoms with E-state index in [1.807, 2.05) is 0 Å². The van der Waals surface area contributed by atoms with E-state index in [-0.39, 0.29) is 17.1 Å². The van der Waals surface area contributed by atoms with Gasteiger partial charge in [0.25, 0.3) is 5.91 Å². The van der Waals surface area contributed by atoms with Crippen LogP contribution in [0.4, 0.5) is 0 Å². The highest BCUT2D eigenvalue weighted by atomic mass is 16.5. The molecule has 134 valence electrons. The molecule has 1 amide bonds. The summed E-state index contributed by atoms with van der Waals surface area (Å²) in [5.74, 6) is -1.24. The van der Waals surface area contributed by atoms with Crippen molar-refractivity contribution in [2.45, 2.75) is 13.0 Å². The molecule has 0 radical (unpaired) electrons. The van der Waals surface area contributed by atoms with Crippen LogP contribution in [0.1, 0.15) is 18.5 Å². The molecule has 0 spiro atoms. The van der Waals surface area contributed by atoms with Crippen molar-refractivity contribution in [3.05, 3.63) is 41.2 Å². The number of nitrogens with zero attached hydrogens (tertiary/aromatic N) is 2. The number of hydrogen-bond acceptors (Lipinski definition) is 6. The van der Waals surface area contributed by atoms with Crippen molar-refractivity contribution < 1.29 is 24.5 Å². The lowest BCUT2D eigenvalue weighted by Gasteiger charge is -2.31. The van der Waals surface area contributed by atoms with Crippen LogP contribution in [0.2, 0.25) is 0 Å². The third kappa shape index (κ3) is 3.52. The molecular formula is C18H22N2O5. The van der Waals surface area contributed by atoms with Crippen LogP contribution >= 0.6 is 0 Å². The van der Waals surface area contributed by atoms with E-state index in [0.29, 0.717) is 31.9 Å². The molecule has 2 aliphatic rings. The smallest absolute Gasteiger partial charge is 0.290 e. The summed E-state index contributed by atoms with van der Waals surface area (Å²) >= 11 is 0. The quantitative estimate of drug-likeness (QED) is 0.827. The van der Waals surface area contributed by atoms with Gasteiger partial charge < -0.3 is 19.8 Å². The molecule has 25 heavy (non-hydrogen) atoms. The number of carbonyl (C=O) groups is 2. The molecule has 2 N–H and O–H groups in total. The molecule has 1 saturated heterocycles. The highest BCUT2D eigenvalue weighted by molar-refractivity contribution is 6.08. The fourth-order valence-electron chi connectivity index (χ4n) is 3.32. The monoisotopic (exact) mass is 346 g/mol. The van der Waals surface area contributed by atoms with Gasteiger partial charge in [-0.25, -0.2) is 0 Å². The van der Waals surface area contributed by atoms with Crippen LogP contribution in [0.15, 0.2) is 35.6 Å². The van der Waals surface area contributed by atoms with Crippen LogP contribution in [0, 0.1) is 0 Å². The number of aliphatic hydroxyl groups is 1. The van der Waals surface area contributed by atoms with Crippen molar-refractivity contribution >= 4 is 11.7 Å². The van der Waals surface area contributed by atoms with E-state index in [9.17, 15) is 19.8 Å². The first kappa shape index (κ1) is 17.4. The first-order valence-corrected chi connectivity index (χ1v) is 8.33. The summed E-state index contributed by atoms with van der Waals surface area (Å²) in [5, 5.41) is 19.7. The summed E-state index contributed by atoms with van der Waals surface area (Å²) in [7, 11) is 0. The van der Waals surface area contributed by atoms with Gasteiger partial charge in [0.15, 0.2) is 11.5 Å². The number of carbonyl (C=O) groups excluding carboxylic acids is 2. The van der Waals surface area contributed by atoms with Crippen LogP contribution in [0.5, 0.6) is 5.75 Å². The minimum absolute atomic E-state index is 0.102. The lowest BCUT2D eigenvalue weighted by molar-refractivity contribution is -0.129. The van der Waals surface area contributed by atoms with Gasteiger partial charge in [0, 0.05) is 26.2 Å². The average Bonchev–Trinajstić information content (AvgIpc) is 2.86. The lowest BCUT2D eigenvalue weighted by Crippen LogP contribution is -2.43. The number of amides is 1. The maximum Gasteiger partial charge on any atom is 0.290 e. The van der Waals surface area contributed by atoms with Gasteiger partial charge in [-0.1, -0.05) is 12.1 Å². The summed E-state index contributed by atoms with van der Waals surface area (Å²) in [6.45, 7) is 5.30. The number of phenols is 1. The normalized spacial score (nSPS) is 21.9. The van der Waals surface area contributed by atoms with E-state index in [0.717, 1.165) is 13.1 Å². The van der Waals surface area contributed by atoms with Crippen LogP contribution in [0.3, 0.4) is 0 Å². The van der Waals surface area contributed by atoms with Gasteiger partial charge in [0.2, 0.25) is 0 Å². The molecule has 0 bridgehead atoms. The largest absolute Gasteiger partial charge is 0.508 e. The van der Waals surface area contributed by atoms with Gasteiger partial charge in [-0.05, 0) is 24.6 Å². The number of ketones is 1. The maximum absolute atomic E-state index is 12.5. The van der Waals surface area contributed by atoms with Crippen LogP contribution in [-0.2, 0) is 14.3 Å².